The summed E-state index contributed by atoms with van der Waals surface area (Å²) in [4.78, 5) is 14.3. The summed E-state index contributed by atoms with van der Waals surface area (Å²) < 4.78 is 0. The molecule has 0 bridgehead atoms. The minimum Gasteiger partial charge on any atom is -0.302 e. The third kappa shape index (κ3) is 1.24. The van der Waals surface area contributed by atoms with Crippen LogP contribution >= 0.6 is 0 Å². The zero-order chi connectivity index (χ0) is 13.0. The quantitative estimate of drug-likeness (QED) is 0.697. The number of benzene rings is 2. The van der Waals surface area contributed by atoms with Gasteiger partial charge < -0.3 is 4.90 Å². The predicted octanol–water partition coefficient (Wildman–Crippen LogP) is 3.71. The van der Waals surface area contributed by atoms with Crippen LogP contribution in [0.3, 0.4) is 0 Å². The second-order valence-electron chi connectivity index (χ2n) is 5.57. The van der Waals surface area contributed by atoms with Gasteiger partial charge in [-0.05, 0) is 30.5 Å². The summed E-state index contributed by atoms with van der Waals surface area (Å²) in [6.07, 6.45) is 1.54. The molecule has 2 nitrogen and oxygen atoms in total. The number of carbonyl (C=O) groups excluding carboxylic acids is 1. The Morgan fingerprint density at radius 3 is 2.53 bits per heavy atom. The SMILES string of the molecule is CC12CCC(=O)N1c1ccccc1-c1ccccc12. The minimum atomic E-state index is -0.179. The fourth-order valence-electron chi connectivity index (χ4n) is 3.59. The van der Waals surface area contributed by atoms with Crippen molar-refractivity contribution in [1.82, 2.24) is 0 Å². The van der Waals surface area contributed by atoms with Crippen molar-refractivity contribution in [1.29, 1.82) is 0 Å². The van der Waals surface area contributed by atoms with Crippen LogP contribution in [0.2, 0.25) is 0 Å². The lowest BCUT2D eigenvalue weighted by Gasteiger charge is -2.42. The van der Waals surface area contributed by atoms with Gasteiger partial charge in [0.1, 0.15) is 0 Å². The summed E-state index contributed by atoms with van der Waals surface area (Å²) in [5.41, 5.74) is 4.60. The van der Waals surface area contributed by atoms with E-state index in [-0.39, 0.29) is 11.4 Å². The van der Waals surface area contributed by atoms with Crippen LogP contribution in [-0.2, 0) is 10.3 Å². The first-order chi connectivity index (χ1) is 9.22. The summed E-state index contributed by atoms with van der Waals surface area (Å²) in [7, 11) is 0. The van der Waals surface area contributed by atoms with Gasteiger partial charge in [-0.15, -0.1) is 0 Å². The molecule has 2 aliphatic rings. The number of amides is 1. The van der Waals surface area contributed by atoms with Crippen molar-refractivity contribution in [2.45, 2.75) is 25.3 Å². The first-order valence-corrected chi connectivity index (χ1v) is 6.74. The molecule has 94 valence electrons. The summed E-state index contributed by atoms with van der Waals surface area (Å²) in [6.45, 7) is 2.19. The van der Waals surface area contributed by atoms with Crippen LogP contribution in [0.4, 0.5) is 5.69 Å². The van der Waals surface area contributed by atoms with Crippen molar-refractivity contribution >= 4 is 11.6 Å². The Morgan fingerprint density at radius 1 is 1.00 bits per heavy atom. The maximum absolute atomic E-state index is 12.3. The first kappa shape index (κ1) is 10.8. The fraction of sp³-hybridized carbons (Fsp3) is 0.235. The van der Waals surface area contributed by atoms with Crippen LogP contribution < -0.4 is 4.90 Å². The van der Waals surface area contributed by atoms with Crippen LogP contribution in [0.5, 0.6) is 0 Å². The van der Waals surface area contributed by atoms with Gasteiger partial charge in [-0.2, -0.15) is 0 Å². The Bertz CT molecular complexity index is 691. The molecule has 0 saturated carbocycles. The number of anilines is 1. The highest BCUT2D eigenvalue weighted by Crippen LogP contribution is 2.52. The van der Waals surface area contributed by atoms with Crippen molar-refractivity contribution < 1.29 is 4.79 Å². The highest BCUT2D eigenvalue weighted by Gasteiger charge is 2.48. The van der Waals surface area contributed by atoms with E-state index in [4.69, 9.17) is 0 Å². The minimum absolute atomic E-state index is 0.179. The van der Waals surface area contributed by atoms with Gasteiger partial charge in [0.15, 0.2) is 0 Å². The molecule has 2 heteroatoms. The lowest BCUT2D eigenvalue weighted by molar-refractivity contribution is -0.117. The van der Waals surface area contributed by atoms with Crippen LogP contribution in [0.25, 0.3) is 11.1 Å². The lowest BCUT2D eigenvalue weighted by atomic mass is 9.79. The van der Waals surface area contributed by atoms with Crippen molar-refractivity contribution in [3.63, 3.8) is 0 Å². The van der Waals surface area contributed by atoms with Gasteiger partial charge in [0, 0.05) is 12.0 Å². The van der Waals surface area contributed by atoms with E-state index in [9.17, 15) is 4.79 Å². The van der Waals surface area contributed by atoms with Crippen molar-refractivity contribution in [2.75, 3.05) is 4.90 Å². The van der Waals surface area contributed by atoms with E-state index in [2.05, 4.69) is 43.3 Å². The average molecular weight is 249 g/mol. The van der Waals surface area contributed by atoms with Crippen LogP contribution in [0.1, 0.15) is 25.3 Å². The Kier molecular flexibility index (Phi) is 1.97. The van der Waals surface area contributed by atoms with Crippen LogP contribution in [-0.4, -0.2) is 5.91 Å². The maximum Gasteiger partial charge on any atom is 0.227 e. The van der Waals surface area contributed by atoms with E-state index < -0.39 is 0 Å². The van der Waals surface area contributed by atoms with Gasteiger partial charge in [-0.25, -0.2) is 0 Å². The summed E-state index contributed by atoms with van der Waals surface area (Å²) in [5, 5.41) is 0. The number of nitrogens with zero attached hydrogens (tertiary/aromatic N) is 1. The Labute approximate surface area is 112 Å². The van der Waals surface area contributed by atoms with E-state index in [1.807, 2.05) is 17.0 Å². The fourth-order valence-corrected chi connectivity index (χ4v) is 3.59. The highest BCUT2D eigenvalue weighted by molar-refractivity contribution is 6.04. The Balaban J connectivity index is 2.11. The zero-order valence-electron chi connectivity index (χ0n) is 10.9. The summed E-state index contributed by atoms with van der Waals surface area (Å²) in [5.74, 6) is 0.240. The van der Waals surface area contributed by atoms with Gasteiger partial charge in [0.05, 0.1) is 11.2 Å². The third-order valence-electron chi connectivity index (χ3n) is 4.51. The van der Waals surface area contributed by atoms with Crippen molar-refractivity contribution in [3.05, 3.63) is 54.1 Å². The highest BCUT2D eigenvalue weighted by atomic mass is 16.2. The Hall–Kier alpha value is -2.09. The monoisotopic (exact) mass is 249 g/mol. The van der Waals surface area contributed by atoms with Gasteiger partial charge in [-0.1, -0.05) is 42.5 Å². The molecule has 0 spiro atoms. The number of para-hydroxylation sites is 1. The molecule has 2 aliphatic heterocycles. The Morgan fingerprint density at radius 2 is 1.68 bits per heavy atom. The molecule has 1 saturated heterocycles. The molecule has 1 fully saturated rings. The topological polar surface area (TPSA) is 20.3 Å². The normalized spacial score (nSPS) is 23.8. The van der Waals surface area contributed by atoms with Gasteiger partial charge in [-0.3, -0.25) is 4.79 Å². The van der Waals surface area contributed by atoms with Crippen molar-refractivity contribution in [2.24, 2.45) is 0 Å². The summed E-state index contributed by atoms with van der Waals surface area (Å²) >= 11 is 0. The molecule has 2 heterocycles. The lowest BCUT2D eigenvalue weighted by Crippen LogP contribution is -2.43. The molecule has 1 amide bonds. The molecule has 0 radical (unpaired) electrons. The smallest absolute Gasteiger partial charge is 0.227 e. The second-order valence-corrected chi connectivity index (χ2v) is 5.57. The molecular formula is C17H15NO. The average Bonchev–Trinajstić information content (AvgIpc) is 2.76. The molecular weight excluding hydrogens is 234 g/mol. The third-order valence-corrected chi connectivity index (χ3v) is 4.51. The molecule has 0 aliphatic carbocycles. The van der Waals surface area contributed by atoms with Gasteiger partial charge >= 0.3 is 0 Å². The molecule has 0 N–H and O–H groups in total. The van der Waals surface area contributed by atoms with E-state index in [0.717, 1.165) is 12.1 Å². The number of fused-ring (bicyclic) bond motifs is 6. The van der Waals surface area contributed by atoms with E-state index in [1.165, 1.54) is 16.7 Å². The number of rotatable bonds is 0. The number of hydrogen-bond donors (Lipinski definition) is 0. The zero-order valence-corrected chi connectivity index (χ0v) is 10.9. The van der Waals surface area contributed by atoms with Gasteiger partial charge in [0.25, 0.3) is 0 Å². The number of hydrogen-bond acceptors (Lipinski definition) is 1. The van der Waals surface area contributed by atoms with Gasteiger partial charge in [0.2, 0.25) is 5.91 Å². The van der Waals surface area contributed by atoms with Crippen LogP contribution in [0.15, 0.2) is 48.5 Å². The van der Waals surface area contributed by atoms with E-state index in [0.29, 0.717) is 6.42 Å². The molecule has 2 aromatic rings. The van der Waals surface area contributed by atoms with Crippen LogP contribution in [0, 0.1) is 0 Å². The summed E-state index contributed by atoms with van der Waals surface area (Å²) in [6, 6.07) is 16.7. The molecule has 19 heavy (non-hydrogen) atoms. The second kappa shape index (κ2) is 3.47. The predicted molar refractivity (Wildman–Crippen MR) is 76.0 cm³/mol. The molecule has 1 atom stereocenters. The first-order valence-electron chi connectivity index (χ1n) is 6.74. The molecule has 2 aromatic carbocycles. The molecule has 4 rings (SSSR count). The molecule has 1 unspecified atom stereocenters. The maximum atomic E-state index is 12.3. The van der Waals surface area contributed by atoms with E-state index >= 15 is 0 Å². The largest absolute Gasteiger partial charge is 0.302 e. The van der Waals surface area contributed by atoms with E-state index in [1.54, 1.807) is 0 Å². The number of carbonyl (C=O) groups is 1. The molecule has 0 aromatic heterocycles. The van der Waals surface area contributed by atoms with Crippen molar-refractivity contribution in [3.8, 4) is 11.1 Å². The standard InChI is InChI=1S/C17H15NO/c1-17-11-10-16(19)18(17)15-9-5-3-7-13(15)12-6-2-4-8-14(12)17/h2-9H,10-11H2,1H3.